The molecule has 3 rings (SSSR count). The van der Waals surface area contributed by atoms with Crippen LogP contribution in [0.25, 0.3) is 0 Å². The highest BCUT2D eigenvalue weighted by Crippen LogP contribution is 2.41. The molecule has 0 aromatic heterocycles. The van der Waals surface area contributed by atoms with Gasteiger partial charge in [0.05, 0.1) is 0 Å². The van der Waals surface area contributed by atoms with Crippen molar-refractivity contribution in [3.63, 3.8) is 0 Å². The first-order valence-corrected chi connectivity index (χ1v) is 6.91. The molecule has 0 atom stereocenters. The monoisotopic (exact) mass is 230 g/mol. The van der Waals surface area contributed by atoms with Crippen molar-refractivity contribution in [2.75, 3.05) is 19.6 Å². The Morgan fingerprint density at radius 2 is 2.00 bits per heavy atom. The van der Waals surface area contributed by atoms with Gasteiger partial charge in [0, 0.05) is 25.7 Å². The standard InChI is InChI=1S/C15H22N2/c1-2-17(14-9-16-10-14)11-13-5-3-4-6-15(13)12-7-8-12/h3-6,12,14,16H,2,7-11H2,1H3. The van der Waals surface area contributed by atoms with Gasteiger partial charge in [0.25, 0.3) is 0 Å². The summed E-state index contributed by atoms with van der Waals surface area (Å²) in [5.41, 5.74) is 3.17. The fourth-order valence-corrected chi connectivity index (χ4v) is 2.72. The van der Waals surface area contributed by atoms with Crippen molar-refractivity contribution in [1.29, 1.82) is 0 Å². The third kappa shape index (κ3) is 2.38. The SMILES string of the molecule is CCN(Cc1ccccc1C1CC1)C1CNC1. The van der Waals surface area contributed by atoms with Crippen LogP contribution >= 0.6 is 0 Å². The van der Waals surface area contributed by atoms with Crippen LogP contribution in [-0.4, -0.2) is 30.6 Å². The quantitative estimate of drug-likeness (QED) is 0.835. The fraction of sp³-hybridized carbons (Fsp3) is 0.600. The zero-order valence-corrected chi connectivity index (χ0v) is 10.7. The number of hydrogen-bond acceptors (Lipinski definition) is 2. The second-order valence-electron chi connectivity index (χ2n) is 5.35. The van der Waals surface area contributed by atoms with Gasteiger partial charge < -0.3 is 5.32 Å². The van der Waals surface area contributed by atoms with E-state index in [1.165, 1.54) is 25.9 Å². The molecule has 1 aliphatic heterocycles. The van der Waals surface area contributed by atoms with E-state index < -0.39 is 0 Å². The fourth-order valence-electron chi connectivity index (χ4n) is 2.72. The Kier molecular flexibility index (Phi) is 3.17. The number of nitrogens with zero attached hydrogens (tertiary/aromatic N) is 1. The van der Waals surface area contributed by atoms with Crippen LogP contribution in [0.1, 0.15) is 36.8 Å². The number of hydrogen-bond donors (Lipinski definition) is 1. The van der Waals surface area contributed by atoms with Crippen LogP contribution < -0.4 is 5.32 Å². The molecular weight excluding hydrogens is 208 g/mol. The first-order valence-electron chi connectivity index (χ1n) is 6.91. The topological polar surface area (TPSA) is 15.3 Å². The van der Waals surface area contributed by atoms with Crippen molar-refractivity contribution in [1.82, 2.24) is 10.2 Å². The van der Waals surface area contributed by atoms with Gasteiger partial charge in [0.1, 0.15) is 0 Å². The van der Waals surface area contributed by atoms with E-state index in [0.717, 1.165) is 25.0 Å². The van der Waals surface area contributed by atoms with Gasteiger partial charge >= 0.3 is 0 Å². The minimum atomic E-state index is 0.757. The Balaban J connectivity index is 1.74. The molecule has 1 saturated heterocycles. The number of nitrogens with one attached hydrogen (secondary N) is 1. The van der Waals surface area contributed by atoms with E-state index in [1.54, 1.807) is 11.1 Å². The molecule has 92 valence electrons. The lowest BCUT2D eigenvalue weighted by molar-refractivity contribution is 0.145. The molecule has 2 nitrogen and oxygen atoms in total. The maximum atomic E-state index is 3.37. The molecule has 0 radical (unpaired) electrons. The van der Waals surface area contributed by atoms with Crippen LogP contribution in [0.5, 0.6) is 0 Å². The van der Waals surface area contributed by atoms with Crippen LogP contribution in [0.3, 0.4) is 0 Å². The zero-order chi connectivity index (χ0) is 11.7. The highest BCUT2D eigenvalue weighted by Gasteiger charge is 2.28. The largest absolute Gasteiger partial charge is 0.314 e. The third-order valence-electron chi connectivity index (χ3n) is 4.13. The molecule has 1 N–H and O–H groups in total. The Hall–Kier alpha value is -0.860. The van der Waals surface area contributed by atoms with Crippen LogP contribution in [0, 0.1) is 0 Å². The minimum absolute atomic E-state index is 0.757. The summed E-state index contributed by atoms with van der Waals surface area (Å²) in [6.45, 7) is 6.90. The summed E-state index contributed by atoms with van der Waals surface area (Å²) in [5, 5.41) is 3.37. The number of benzene rings is 1. The van der Waals surface area contributed by atoms with Crippen LogP contribution in [0.4, 0.5) is 0 Å². The smallest absolute Gasteiger partial charge is 0.0348 e. The molecule has 2 fully saturated rings. The van der Waals surface area contributed by atoms with Crippen LogP contribution in [0.2, 0.25) is 0 Å². The summed E-state index contributed by atoms with van der Waals surface area (Å²) in [4.78, 5) is 2.61. The molecule has 1 saturated carbocycles. The maximum absolute atomic E-state index is 3.37. The van der Waals surface area contributed by atoms with Crippen molar-refractivity contribution in [2.24, 2.45) is 0 Å². The van der Waals surface area contributed by atoms with E-state index in [0.29, 0.717) is 0 Å². The van der Waals surface area contributed by atoms with Crippen molar-refractivity contribution in [3.05, 3.63) is 35.4 Å². The highest BCUT2D eigenvalue weighted by molar-refractivity contribution is 5.33. The molecular formula is C15H22N2. The van der Waals surface area contributed by atoms with E-state index in [4.69, 9.17) is 0 Å². The minimum Gasteiger partial charge on any atom is -0.314 e. The van der Waals surface area contributed by atoms with Gasteiger partial charge in [-0.25, -0.2) is 0 Å². The predicted molar refractivity (Wildman–Crippen MR) is 71.2 cm³/mol. The summed E-state index contributed by atoms with van der Waals surface area (Å²) in [6.07, 6.45) is 2.79. The van der Waals surface area contributed by atoms with Gasteiger partial charge in [-0.1, -0.05) is 31.2 Å². The van der Waals surface area contributed by atoms with Crippen molar-refractivity contribution < 1.29 is 0 Å². The molecule has 1 aliphatic carbocycles. The third-order valence-corrected chi connectivity index (χ3v) is 4.13. The second kappa shape index (κ2) is 4.79. The van der Waals surface area contributed by atoms with Gasteiger partial charge in [-0.3, -0.25) is 4.90 Å². The van der Waals surface area contributed by atoms with E-state index >= 15 is 0 Å². The van der Waals surface area contributed by atoms with E-state index in [2.05, 4.69) is 41.4 Å². The molecule has 17 heavy (non-hydrogen) atoms. The first-order chi connectivity index (χ1) is 8.38. The Morgan fingerprint density at radius 1 is 1.24 bits per heavy atom. The summed E-state index contributed by atoms with van der Waals surface area (Å²) in [5.74, 6) is 0.865. The average Bonchev–Trinajstić information content (AvgIpc) is 3.10. The van der Waals surface area contributed by atoms with E-state index in [1.807, 2.05) is 0 Å². The summed E-state index contributed by atoms with van der Waals surface area (Å²) < 4.78 is 0. The molecule has 2 heteroatoms. The summed E-state index contributed by atoms with van der Waals surface area (Å²) >= 11 is 0. The lowest BCUT2D eigenvalue weighted by Gasteiger charge is -2.38. The molecule has 1 heterocycles. The summed E-state index contributed by atoms with van der Waals surface area (Å²) in [6, 6.07) is 9.79. The van der Waals surface area contributed by atoms with E-state index in [9.17, 15) is 0 Å². The van der Waals surface area contributed by atoms with Crippen molar-refractivity contribution in [3.8, 4) is 0 Å². The molecule has 2 aliphatic rings. The average molecular weight is 230 g/mol. The summed E-state index contributed by atoms with van der Waals surface area (Å²) in [7, 11) is 0. The molecule has 1 aromatic carbocycles. The van der Waals surface area contributed by atoms with Crippen molar-refractivity contribution >= 4 is 0 Å². The van der Waals surface area contributed by atoms with Gasteiger partial charge in [0.15, 0.2) is 0 Å². The van der Waals surface area contributed by atoms with E-state index in [-0.39, 0.29) is 0 Å². The molecule has 0 amide bonds. The maximum Gasteiger partial charge on any atom is 0.0348 e. The number of likely N-dealkylation sites (N-methyl/N-ethyl adjacent to an activating group) is 1. The van der Waals surface area contributed by atoms with Crippen molar-refractivity contribution in [2.45, 2.75) is 38.3 Å². The molecule has 0 bridgehead atoms. The highest BCUT2D eigenvalue weighted by atomic mass is 15.2. The second-order valence-corrected chi connectivity index (χ2v) is 5.35. The van der Waals surface area contributed by atoms with Crippen LogP contribution in [-0.2, 0) is 6.54 Å². The lowest BCUT2D eigenvalue weighted by Crippen LogP contribution is -2.56. The van der Waals surface area contributed by atoms with Gasteiger partial charge in [-0.2, -0.15) is 0 Å². The Bertz CT molecular complexity index is 380. The Labute approximate surface area is 104 Å². The predicted octanol–water partition coefficient (Wildman–Crippen LogP) is 2.36. The van der Waals surface area contributed by atoms with Gasteiger partial charge in [-0.15, -0.1) is 0 Å². The molecule has 1 aromatic rings. The van der Waals surface area contributed by atoms with Crippen LogP contribution in [0.15, 0.2) is 24.3 Å². The lowest BCUT2D eigenvalue weighted by atomic mass is 10.0. The Morgan fingerprint density at radius 3 is 2.59 bits per heavy atom. The van der Waals surface area contributed by atoms with Gasteiger partial charge in [-0.05, 0) is 36.4 Å². The van der Waals surface area contributed by atoms with Gasteiger partial charge in [0.2, 0.25) is 0 Å². The molecule has 0 unspecified atom stereocenters. The molecule has 0 spiro atoms. The first kappa shape index (κ1) is 11.2. The number of rotatable bonds is 5. The zero-order valence-electron chi connectivity index (χ0n) is 10.7. The normalized spacial score (nSPS) is 20.6.